The fraction of sp³-hybridized carbons (Fsp3) is 0.370. The minimum Gasteiger partial charge on any atom is -0.497 e. The number of nitrogens with zero attached hydrogens (tertiary/aromatic N) is 1. The molecule has 0 radical (unpaired) electrons. The van der Waals surface area contributed by atoms with Gasteiger partial charge in [-0.15, -0.1) is 0 Å². The van der Waals surface area contributed by atoms with Crippen LogP contribution >= 0.6 is 11.6 Å². The average Bonchev–Trinajstić information content (AvgIpc) is 2.83. The standard InChI is InChI=1S/C27H28ClNO5/c1-5-34-27(31)24-15(2)29-21-12-17(16-6-8-18(28)9-7-16)13-22(30)26(21)25(24)20-14-19(32-3)10-11-23(20)33-4/h6-11,14,17,24-25H,5,12-13H2,1-4H3/t17-,24?,25+/m0/s1. The van der Waals surface area contributed by atoms with E-state index in [1.165, 1.54) is 0 Å². The molecule has 4 rings (SSSR count). The van der Waals surface area contributed by atoms with Crippen LogP contribution in [0.3, 0.4) is 0 Å². The van der Waals surface area contributed by atoms with Crippen molar-refractivity contribution in [2.45, 2.75) is 38.5 Å². The van der Waals surface area contributed by atoms with Crippen molar-refractivity contribution >= 4 is 29.1 Å². The molecular formula is C27H28ClNO5. The minimum absolute atomic E-state index is 0.00735. The summed E-state index contributed by atoms with van der Waals surface area (Å²) in [6.45, 7) is 3.83. The van der Waals surface area contributed by atoms with Crippen molar-refractivity contribution in [2.75, 3.05) is 20.8 Å². The van der Waals surface area contributed by atoms with Crippen LogP contribution in [0.4, 0.5) is 0 Å². The molecule has 0 saturated carbocycles. The monoisotopic (exact) mass is 481 g/mol. The molecule has 0 spiro atoms. The number of hydrogen-bond donors (Lipinski definition) is 0. The zero-order valence-corrected chi connectivity index (χ0v) is 20.5. The SMILES string of the molecule is CCOC(=O)C1C(C)=NC2=C(C(=O)C[C@@H](c3ccc(Cl)cc3)C2)[C@@H]1c1cc(OC)ccc1OC. The first-order valence-corrected chi connectivity index (χ1v) is 11.7. The number of rotatable bonds is 6. The van der Waals surface area contributed by atoms with Gasteiger partial charge in [0.2, 0.25) is 0 Å². The van der Waals surface area contributed by atoms with E-state index in [0.29, 0.717) is 51.9 Å². The molecule has 1 heterocycles. The van der Waals surface area contributed by atoms with E-state index in [9.17, 15) is 9.59 Å². The number of halogens is 1. The number of carbonyl (C=O) groups excluding carboxylic acids is 2. The van der Waals surface area contributed by atoms with Crippen LogP contribution in [-0.4, -0.2) is 38.3 Å². The Labute approximate surface area is 204 Å². The fourth-order valence-corrected chi connectivity index (χ4v) is 5.11. The highest BCUT2D eigenvalue weighted by molar-refractivity contribution is 6.30. The third-order valence-electron chi connectivity index (χ3n) is 6.54. The molecule has 1 aliphatic carbocycles. The first-order chi connectivity index (χ1) is 16.4. The minimum atomic E-state index is -0.726. The smallest absolute Gasteiger partial charge is 0.315 e. The molecule has 0 saturated heterocycles. The Balaban J connectivity index is 1.86. The largest absolute Gasteiger partial charge is 0.497 e. The van der Waals surface area contributed by atoms with Crippen LogP contribution in [0.5, 0.6) is 11.5 Å². The molecule has 7 heteroatoms. The highest BCUT2D eigenvalue weighted by atomic mass is 35.5. The molecule has 2 aliphatic rings. The van der Waals surface area contributed by atoms with Crippen LogP contribution in [0.2, 0.25) is 5.02 Å². The molecule has 0 aromatic heterocycles. The van der Waals surface area contributed by atoms with Gasteiger partial charge in [-0.1, -0.05) is 23.7 Å². The van der Waals surface area contributed by atoms with Crippen LogP contribution < -0.4 is 9.47 Å². The normalized spacial score (nSPS) is 22.1. The van der Waals surface area contributed by atoms with Crippen LogP contribution in [-0.2, 0) is 14.3 Å². The molecule has 0 amide bonds. The zero-order valence-electron chi connectivity index (χ0n) is 19.8. The van der Waals surface area contributed by atoms with Crippen molar-refractivity contribution in [1.82, 2.24) is 0 Å². The van der Waals surface area contributed by atoms with Crippen molar-refractivity contribution in [3.63, 3.8) is 0 Å². The third kappa shape index (κ3) is 4.47. The van der Waals surface area contributed by atoms with E-state index in [1.807, 2.05) is 37.3 Å². The Hall–Kier alpha value is -3.12. The summed E-state index contributed by atoms with van der Waals surface area (Å²) in [5.41, 5.74) is 3.64. The maximum atomic E-state index is 13.7. The quantitative estimate of drug-likeness (QED) is 0.509. The molecule has 34 heavy (non-hydrogen) atoms. The molecule has 3 atom stereocenters. The lowest BCUT2D eigenvalue weighted by atomic mass is 9.69. The van der Waals surface area contributed by atoms with Gasteiger partial charge in [0, 0.05) is 39.9 Å². The number of benzene rings is 2. The predicted molar refractivity (Wildman–Crippen MR) is 131 cm³/mol. The van der Waals surface area contributed by atoms with Gasteiger partial charge in [-0.05, 0) is 62.1 Å². The first kappa shape index (κ1) is 24.0. The van der Waals surface area contributed by atoms with Gasteiger partial charge in [0.1, 0.15) is 17.4 Å². The van der Waals surface area contributed by atoms with Crippen molar-refractivity contribution in [2.24, 2.45) is 10.9 Å². The number of esters is 1. The van der Waals surface area contributed by atoms with Crippen LogP contribution in [0.25, 0.3) is 0 Å². The van der Waals surface area contributed by atoms with Gasteiger partial charge in [0.25, 0.3) is 0 Å². The van der Waals surface area contributed by atoms with Gasteiger partial charge < -0.3 is 14.2 Å². The molecule has 1 unspecified atom stereocenters. The Morgan fingerprint density at radius 3 is 2.47 bits per heavy atom. The summed E-state index contributed by atoms with van der Waals surface area (Å²) < 4.78 is 16.5. The van der Waals surface area contributed by atoms with E-state index in [0.717, 1.165) is 5.56 Å². The van der Waals surface area contributed by atoms with Gasteiger partial charge in [0.05, 0.1) is 20.8 Å². The van der Waals surface area contributed by atoms with E-state index in [2.05, 4.69) is 0 Å². The second-order valence-corrected chi connectivity index (χ2v) is 8.95. The predicted octanol–water partition coefficient (Wildman–Crippen LogP) is 5.50. The lowest BCUT2D eigenvalue weighted by molar-refractivity contribution is -0.146. The molecule has 6 nitrogen and oxygen atoms in total. The molecular weight excluding hydrogens is 454 g/mol. The van der Waals surface area contributed by atoms with E-state index >= 15 is 0 Å². The summed E-state index contributed by atoms with van der Waals surface area (Å²) in [6, 6.07) is 13.0. The Morgan fingerprint density at radius 1 is 1.09 bits per heavy atom. The number of allylic oxidation sites excluding steroid dienone is 2. The van der Waals surface area contributed by atoms with Gasteiger partial charge in [-0.2, -0.15) is 0 Å². The lowest BCUT2D eigenvalue weighted by Crippen LogP contribution is -2.38. The van der Waals surface area contributed by atoms with E-state index < -0.39 is 17.8 Å². The topological polar surface area (TPSA) is 74.2 Å². The zero-order chi connectivity index (χ0) is 24.4. The van der Waals surface area contributed by atoms with Crippen molar-refractivity contribution < 1.29 is 23.8 Å². The van der Waals surface area contributed by atoms with E-state index in [-0.39, 0.29) is 18.3 Å². The maximum Gasteiger partial charge on any atom is 0.315 e. The Bertz CT molecular complexity index is 1170. The van der Waals surface area contributed by atoms with Crippen LogP contribution in [0.1, 0.15) is 49.7 Å². The number of aliphatic imine (C=N–C) groups is 1. The molecule has 2 aromatic carbocycles. The molecule has 0 bridgehead atoms. The molecule has 0 N–H and O–H groups in total. The molecule has 0 fully saturated rings. The Kier molecular flexibility index (Phi) is 7.08. The maximum absolute atomic E-state index is 13.7. The summed E-state index contributed by atoms with van der Waals surface area (Å²) in [6.07, 6.45) is 0.922. The van der Waals surface area contributed by atoms with Crippen LogP contribution in [0.15, 0.2) is 58.7 Å². The summed E-state index contributed by atoms with van der Waals surface area (Å²) >= 11 is 6.06. The van der Waals surface area contributed by atoms with Gasteiger partial charge in [-0.3, -0.25) is 14.6 Å². The number of carbonyl (C=O) groups is 2. The summed E-state index contributed by atoms with van der Waals surface area (Å²) in [7, 11) is 3.15. The van der Waals surface area contributed by atoms with Gasteiger partial charge in [0.15, 0.2) is 5.78 Å². The highest BCUT2D eigenvalue weighted by Gasteiger charge is 2.45. The number of hydrogen-bond acceptors (Lipinski definition) is 6. The molecule has 178 valence electrons. The average molecular weight is 482 g/mol. The molecule has 1 aliphatic heterocycles. The number of ketones is 1. The number of methoxy groups -OCH3 is 2. The third-order valence-corrected chi connectivity index (χ3v) is 6.79. The first-order valence-electron chi connectivity index (χ1n) is 11.3. The van der Waals surface area contributed by atoms with Crippen molar-refractivity contribution in [1.29, 1.82) is 0 Å². The summed E-state index contributed by atoms with van der Waals surface area (Å²) in [4.78, 5) is 31.6. The number of ether oxygens (including phenoxy) is 3. The second-order valence-electron chi connectivity index (χ2n) is 8.51. The number of Topliss-reactive ketones (excluding diaryl/α,β-unsaturated/α-hetero) is 1. The fourth-order valence-electron chi connectivity index (χ4n) is 4.99. The lowest BCUT2D eigenvalue weighted by Gasteiger charge is -2.37. The molecule has 2 aromatic rings. The summed E-state index contributed by atoms with van der Waals surface area (Å²) in [5, 5.41) is 0.653. The van der Waals surface area contributed by atoms with Crippen molar-refractivity contribution in [3.05, 3.63) is 69.9 Å². The van der Waals surface area contributed by atoms with Gasteiger partial charge >= 0.3 is 5.97 Å². The van der Waals surface area contributed by atoms with Crippen LogP contribution in [0, 0.1) is 5.92 Å². The van der Waals surface area contributed by atoms with E-state index in [1.54, 1.807) is 33.3 Å². The van der Waals surface area contributed by atoms with Crippen molar-refractivity contribution in [3.8, 4) is 11.5 Å². The highest BCUT2D eigenvalue weighted by Crippen LogP contribution is 2.49. The summed E-state index contributed by atoms with van der Waals surface area (Å²) in [5.74, 6) is -0.546. The van der Waals surface area contributed by atoms with Gasteiger partial charge in [-0.25, -0.2) is 0 Å². The Morgan fingerprint density at radius 2 is 1.82 bits per heavy atom. The second kappa shape index (κ2) is 10.0. The van der Waals surface area contributed by atoms with E-state index in [4.69, 9.17) is 30.8 Å².